The first-order valence-electron chi connectivity index (χ1n) is 5.30. The zero-order valence-corrected chi connectivity index (χ0v) is 9.22. The van der Waals surface area contributed by atoms with Gasteiger partial charge in [0.2, 0.25) is 0 Å². The molecule has 1 saturated heterocycles. The summed E-state index contributed by atoms with van der Waals surface area (Å²) >= 11 is 0. The summed E-state index contributed by atoms with van der Waals surface area (Å²) in [6, 6.07) is 9.37. The molecular formula is C12H15NO3. The van der Waals surface area contributed by atoms with Gasteiger partial charge in [-0.3, -0.25) is 4.90 Å². The minimum Gasteiger partial charge on any atom is -0.447 e. The Bertz CT molecular complexity index is 379. The maximum absolute atomic E-state index is 11.7. The van der Waals surface area contributed by atoms with Crippen LogP contribution in [0.2, 0.25) is 0 Å². The summed E-state index contributed by atoms with van der Waals surface area (Å²) in [5.41, 5.74) is 0.355. The monoisotopic (exact) mass is 221 g/mol. The summed E-state index contributed by atoms with van der Waals surface area (Å²) in [6.07, 6.45) is 0.162. The van der Waals surface area contributed by atoms with E-state index in [0.717, 1.165) is 5.69 Å². The molecule has 1 N–H and O–H groups in total. The first-order valence-corrected chi connectivity index (χ1v) is 5.30. The molecule has 16 heavy (non-hydrogen) atoms. The van der Waals surface area contributed by atoms with Crippen LogP contribution in [-0.4, -0.2) is 30.0 Å². The molecule has 1 aromatic rings. The molecule has 0 radical (unpaired) electrons. The minimum absolute atomic E-state index is 0.0382. The van der Waals surface area contributed by atoms with E-state index in [1.165, 1.54) is 0 Å². The van der Waals surface area contributed by atoms with Crippen LogP contribution in [0, 0.1) is 0 Å². The third-order valence-corrected chi connectivity index (χ3v) is 2.89. The van der Waals surface area contributed by atoms with E-state index >= 15 is 0 Å². The molecule has 4 nitrogen and oxygen atoms in total. The number of cyclic esters (lactones) is 1. The van der Waals surface area contributed by atoms with Crippen molar-refractivity contribution in [1.82, 2.24) is 0 Å². The molecule has 0 aromatic heterocycles. The van der Waals surface area contributed by atoms with Crippen LogP contribution >= 0.6 is 0 Å². The highest BCUT2D eigenvalue weighted by atomic mass is 16.6. The first-order chi connectivity index (χ1) is 7.67. The molecule has 86 valence electrons. The number of hydrogen-bond donors (Lipinski definition) is 1. The maximum Gasteiger partial charge on any atom is 0.415 e. The Hall–Kier alpha value is -1.55. The van der Waals surface area contributed by atoms with Crippen LogP contribution in [-0.2, 0) is 4.74 Å². The summed E-state index contributed by atoms with van der Waals surface area (Å²) in [5.74, 6) is 0. The lowest BCUT2D eigenvalue weighted by molar-refractivity contribution is 0.167. The van der Waals surface area contributed by atoms with Crippen LogP contribution in [0.1, 0.15) is 13.3 Å². The number of aliphatic hydroxyl groups is 1. The number of amides is 1. The molecule has 0 saturated carbocycles. The van der Waals surface area contributed by atoms with Crippen LogP contribution < -0.4 is 4.90 Å². The summed E-state index contributed by atoms with van der Waals surface area (Å²) in [6.45, 7) is 2.28. The number of carbonyl (C=O) groups excluding carboxylic acids is 1. The Labute approximate surface area is 94.4 Å². The van der Waals surface area contributed by atoms with Gasteiger partial charge in [-0.05, 0) is 25.5 Å². The molecule has 1 fully saturated rings. The molecule has 4 heteroatoms. The fourth-order valence-corrected chi connectivity index (χ4v) is 1.99. The van der Waals surface area contributed by atoms with Gasteiger partial charge < -0.3 is 9.84 Å². The average molecular weight is 221 g/mol. The summed E-state index contributed by atoms with van der Waals surface area (Å²) in [7, 11) is 0. The molecule has 1 amide bonds. The van der Waals surface area contributed by atoms with E-state index in [-0.39, 0.29) is 12.7 Å². The van der Waals surface area contributed by atoms with E-state index in [9.17, 15) is 4.79 Å². The normalized spacial score (nSPS) is 24.6. The molecule has 0 bridgehead atoms. The van der Waals surface area contributed by atoms with Crippen molar-refractivity contribution in [1.29, 1.82) is 0 Å². The molecule has 0 spiro atoms. The van der Waals surface area contributed by atoms with Crippen molar-refractivity contribution < 1.29 is 14.6 Å². The molecule has 1 aromatic carbocycles. The van der Waals surface area contributed by atoms with Crippen LogP contribution in [0.3, 0.4) is 0 Å². The Morgan fingerprint density at radius 2 is 2.12 bits per heavy atom. The Morgan fingerprint density at radius 1 is 1.44 bits per heavy atom. The highest BCUT2D eigenvalue weighted by Gasteiger charge is 2.44. The summed E-state index contributed by atoms with van der Waals surface area (Å²) < 4.78 is 5.06. The number of para-hydroxylation sites is 1. The fraction of sp³-hybridized carbons (Fsp3) is 0.417. The standard InChI is InChI=1S/C12H15NO3/c1-12(7-8-14)9-16-11(15)13(12)10-5-3-2-4-6-10/h2-6,14H,7-9H2,1H3. The zero-order valence-electron chi connectivity index (χ0n) is 9.22. The molecule has 1 aliphatic rings. The second-order valence-electron chi connectivity index (χ2n) is 4.20. The van der Waals surface area contributed by atoms with Crippen molar-refractivity contribution in [2.24, 2.45) is 0 Å². The van der Waals surface area contributed by atoms with Gasteiger partial charge in [0.05, 0.1) is 5.54 Å². The van der Waals surface area contributed by atoms with Gasteiger partial charge in [-0.2, -0.15) is 0 Å². The van der Waals surface area contributed by atoms with Gasteiger partial charge in [-0.1, -0.05) is 18.2 Å². The molecule has 0 aliphatic carbocycles. The fourth-order valence-electron chi connectivity index (χ4n) is 1.99. The quantitative estimate of drug-likeness (QED) is 0.846. The predicted octanol–water partition coefficient (Wildman–Crippen LogP) is 1.78. The largest absolute Gasteiger partial charge is 0.447 e. The van der Waals surface area contributed by atoms with E-state index in [2.05, 4.69) is 0 Å². The third-order valence-electron chi connectivity index (χ3n) is 2.89. The second-order valence-corrected chi connectivity index (χ2v) is 4.20. The topological polar surface area (TPSA) is 49.8 Å². The highest BCUT2D eigenvalue weighted by Crippen LogP contribution is 2.32. The molecule has 1 heterocycles. The third kappa shape index (κ3) is 1.76. The SMILES string of the molecule is CC1(CCO)COC(=O)N1c1ccccc1. The number of rotatable bonds is 3. The highest BCUT2D eigenvalue weighted by molar-refractivity contribution is 5.91. The Kier molecular flexibility index (Phi) is 2.83. The number of anilines is 1. The van der Waals surface area contributed by atoms with Crippen molar-refractivity contribution in [2.45, 2.75) is 18.9 Å². The van der Waals surface area contributed by atoms with Crippen molar-refractivity contribution in [3.63, 3.8) is 0 Å². The molecule has 2 rings (SSSR count). The van der Waals surface area contributed by atoms with E-state index in [1.54, 1.807) is 4.90 Å². The second kappa shape index (κ2) is 4.14. The Balaban J connectivity index is 2.33. The number of benzene rings is 1. The number of ether oxygens (including phenoxy) is 1. The van der Waals surface area contributed by atoms with E-state index in [0.29, 0.717) is 13.0 Å². The van der Waals surface area contributed by atoms with Crippen molar-refractivity contribution in [3.8, 4) is 0 Å². The summed E-state index contributed by atoms with van der Waals surface area (Å²) in [4.78, 5) is 13.3. The number of nitrogens with zero attached hydrogens (tertiary/aromatic N) is 1. The van der Waals surface area contributed by atoms with Gasteiger partial charge in [-0.25, -0.2) is 4.79 Å². The van der Waals surface area contributed by atoms with Crippen LogP contribution in [0.15, 0.2) is 30.3 Å². The minimum atomic E-state index is -0.451. The van der Waals surface area contributed by atoms with Gasteiger partial charge in [0.1, 0.15) is 6.61 Å². The molecule has 1 unspecified atom stereocenters. The lowest BCUT2D eigenvalue weighted by Crippen LogP contribution is -2.45. The van der Waals surface area contributed by atoms with Crippen molar-refractivity contribution in [3.05, 3.63) is 30.3 Å². The molecular weight excluding hydrogens is 206 g/mol. The number of hydrogen-bond acceptors (Lipinski definition) is 3. The predicted molar refractivity (Wildman–Crippen MR) is 60.4 cm³/mol. The van der Waals surface area contributed by atoms with Crippen LogP contribution in [0.5, 0.6) is 0 Å². The smallest absolute Gasteiger partial charge is 0.415 e. The van der Waals surface area contributed by atoms with Gasteiger partial charge >= 0.3 is 6.09 Å². The van der Waals surface area contributed by atoms with Crippen molar-refractivity contribution in [2.75, 3.05) is 18.1 Å². The van der Waals surface area contributed by atoms with Crippen LogP contribution in [0.25, 0.3) is 0 Å². The van der Waals surface area contributed by atoms with Gasteiger partial charge in [0, 0.05) is 12.3 Å². The first kappa shape index (κ1) is 11.0. The maximum atomic E-state index is 11.7. The Morgan fingerprint density at radius 3 is 2.75 bits per heavy atom. The van der Waals surface area contributed by atoms with Gasteiger partial charge in [0.15, 0.2) is 0 Å². The lowest BCUT2D eigenvalue weighted by Gasteiger charge is -2.31. The van der Waals surface area contributed by atoms with Gasteiger partial charge in [-0.15, -0.1) is 0 Å². The van der Waals surface area contributed by atoms with E-state index in [1.807, 2.05) is 37.3 Å². The van der Waals surface area contributed by atoms with Crippen molar-refractivity contribution >= 4 is 11.8 Å². The van der Waals surface area contributed by atoms with E-state index in [4.69, 9.17) is 9.84 Å². The number of aliphatic hydroxyl groups excluding tert-OH is 1. The number of carbonyl (C=O) groups is 1. The summed E-state index contributed by atoms with van der Waals surface area (Å²) in [5, 5.41) is 9.05. The molecule has 1 aliphatic heterocycles. The lowest BCUT2D eigenvalue weighted by atomic mass is 9.97. The molecule has 1 atom stereocenters. The zero-order chi connectivity index (χ0) is 11.6. The average Bonchev–Trinajstić information content (AvgIpc) is 2.56. The van der Waals surface area contributed by atoms with E-state index < -0.39 is 5.54 Å². The van der Waals surface area contributed by atoms with Gasteiger partial charge in [0.25, 0.3) is 0 Å². The van der Waals surface area contributed by atoms with Crippen LogP contribution in [0.4, 0.5) is 10.5 Å².